The zero-order chi connectivity index (χ0) is 16.2. The molecule has 21 heavy (non-hydrogen) atoms. The van der Waals surface area contributed by atoms with Gasteiger partial charge in [0.1, 0.15) is 12.7 Å². The molecule has 0 radical (unpaired) electrons. The molecule has 5 atom stereocenters. The molecular weight excluding hydrogens is 350 g/mol. The summed E-state index contributed by atoms with van der Waals surface area (Å²) in [5.74, 6) is -1.58. The van der Waals surface area contributed by atoms with E-state index in [0.717, 1.165) is 0 Å². The largest absolute Gasteiger partial charge is 0.463 e. The lowest BCUT2D eigenvalue weighted by Gasteiger charge is -2.40. The lowest BCUT2D eigenvalue weighted by Crippen LogP contribution is -2.77. The maximum absolute atomic E-state index is 11.3. The normalized spacial score (nSPS) is 32.1. The maximum Gasteiger partial charge on any atom is 0.303 e. The number of rotatable bonds is 4. The molecule has 0 aromatic heterocycles. The number of halogens is 1. The van der Waals surface area contributed by atoms with Crippen LogP contribution in [0.15, 0.2) is 0 Å². The second-order valence-corrected chi connectivity index (χ2v) is 5.54. The highest BCUT2D eigenvalue weighted by Gasteiger charge is 2.50. The minimum Gasteiger partial charge on any atom is -0.463 e. The minimum atomic E-state index is -0.901. The third-order valence-electron chi connectivity index (χ3n) is 2.81. The molecule has 0 spiro atoms. The van der Waals surface area contributed by atoms with Crippen molar-refractivity contribution in [1.29, 1.82) is 0 Å². The smallest absolute Gasteiger partial charge is 0.303 e. The molecule has 1 heterocycles. The molecule has 1 aliphatic heterocycles. The third kappa shape index (κ3) is 5.25. The van der Waals surface area contributed by atoms with E-state index in [2.05, 4.69) is 21.7 Å². The Kier molecular flexibility index (Phi) is 6.56. The first kappa shape index (κ1) is 17.9. The molecule has 9 heteroatoms. The van der Waals surface area contributed by atoms with E-state index in [-0.39, 0.29) is 6.61 Å². The van der Waals surface area contributed by atoms with Gasteiger partial charge in [-0.15, -0.1) is 0 Å². The second-order valence-electron chi connectivity index (χ2n) is 4.64. The van der Waals surface area contributed by atoms with Crippen molar-refractivity contribution in [1.82, 2.24) is 0 Å². The fourth-order valence-electron chi connectivity index (χ4n) is 1.96. The van der Waals surface area contributed by atoms with Gasteiger partial charge in [-0.05, 0) is 0 Å². The summed E-state index contributed by atoms with van der Waals surface area (Å²) in [6, 6.07) is -0.494. The van der Waals surface area contributed by atoms with Crippen molar-refractivity contribution in [2.24, 2.45) is 0 Å². The molecular formula is C12H19BrNO7+. The third-order valence-corrected chi connectivity index (χ3v) is 3.70. The van der Waals surface area contributed by atoms with Gasteiger partial charge in [0.05, 0.1) is 0 Å². The van der Waals surface area contributed by atoms with Gasteiger partial charge in [-0.25, -0.2) is 0 Å². The van der Waals surface area contributed by atoms with Crippen molar-refractivity contribution < 1.29 is 39.1 Å². The Labute approximate surface area is 130 Å². The number of quaternary nitrogens is 1. The van der Waals surface area contributed by atoms with Crippen LogP contribution in [-0.2, 0) is 33.3 Å². The van der Waals surface area contributed by atoms with E-state index in [9.17, 15) is 14.4 Å². The summed E-state index contributed by atoms with van der Waals surface area (Å²) in [6.07, 6.45) is -2.46. The van der Waals surface area contributed by atoms with Crippen LogP contribution in [0.25, 0.3) is 0 Å². The number of carbonyl (C=O) groups is 3. The molecule has 0 aliphatic carbocycles. The lowest BCUT2D eigenvalue weighted by atomic mass is 9.98. The van der Waals surface area contributed by atoms with E-state index >= 15 is 0 Å². The molecule has 0 unspecified atom stereocenters. The van der Waals surface area contributed by atoms with Crippen molar-refractivity contribution in [3.63, 3.8) is 0 Å². The van der Waals surface area contributed by atoms with Gasteiger partial charge >= 0.3 is 17.9 Å². The van der Waals surface area contributed by atoms with Gasteiger partial charge in [-0.2, -0.15) is 0 Å². The van der Waals surface area contributed by atoms with Gasteiger partial charge in [0.15, 0.2) is 23.3 Å². The first-order chi connectivity index (χ1) is 9.72. The molecule has 120 valence electrons. The maximum atomic E-state index is 11.3. The van der Waals surface area contributed by atoms with Gasteiger partial charge in [0.2, 0.25) is 0 Å². The molecule has 0 bridgehead atoms. The van der Waals surface area contributed by atoms with Crippen molar-refractivity contribution in [3.05, 3.63) is 0 Å². The average molecular weight is 369 g/mol. The summed E-state index contributed by atoms with van der Waals surface area (Å²) in [5, 5.41) is -0.533. The molecule has 1 aliphatic rings. The van der Waals surface area contributed by atoms with Gasteiger partial charge in [-0.3, -0.25) is 14.4 Å². The Bertz CT molecular complexity index is 416. The van der Waals surface area contributed by atoms with E-state index in [1.165, 1.54) is 20.8 Å². The topological polar surface area (TPSA) is 116 Å². The van der Waals surface area contributed by atoms with Crippen LogP contribution in [0.2, 0.25) is 0 Å². The van der Waals surface area contributed by atoms with Crippen molar-refractivity contribution >= 4 is 33.8 Å². The van der Waals surface area contributed by atoms with Crippen LogP contribution in [0.4, 0.5) is 0 Å². The van der Waals surface area contributed by atoms with Crippen molar-refractivity contribution in [2.75, 3.05) is 6.61 Å². The quantitative estimate of drug-likeness (QED) is 0.390. The van der Waals surface area contributed by atoms with E-state index in [1.807, 2.05) is 0 Å². The van der Waals surface area contributed by atoms with E-state index in [0.29, 0.717) is 0 Å². The highest BCUT2D eigenvalue weighted by atomic mass is 79.9. The zero-order valence-electron chi connectivity index (χ0n) is 12.0. The number of hydrogen-bond acceptors (Lipinski definition) is 7. The monoisotopic (exact) mass is 368 g/mol. The van der Waals surface area contributed by atoms with Crippen LogP contribution in [-0.4, -0.2) is 53.9 Å². The predicted octanol–water partition coefficient (Wildman–Crippen LogP) is -0.857. The zero-order valence-corrected chi connectivity index (χ0v) is 13.6. The first-order valence-electron chi connectivity index (χ1n) is 6.32. The fraction of sp³-hybridized carbons (Fsp3) is 0.750. The molecule has 1 rings (SSSR count). The molecule has 0 aromatic carbocycles. The number of hydrogen-bond donors (Lipinski definition) is 1. The Hall–Kier alpha value is -1.19. The van der Waals surface area contributed by atoms with Crippen LogP contribution in [0.1, 0.15) is 20.8 Å². The van der Waals surface area contributed by atoms with Crippen molar-refractivity contribution in [2.45, 2.75) is 50.1 Å². The molecule has 0 amide bonds. The SMILES string of the molecule is CC(=O)OC[C@H]1O[C@H](Br)[C@H]([NH3+])[C@@H](OC(C)=O)[C@@H]1OC(C)=O. The summed E-state index contributed by atoms with van der Waals surface area (Å²) >= 11 is 3.27. The lowest BCUT2D eigenvalue weighted by molar-refractivity contribution is -0.466. The Morgan fingerprint density at radius 2 is 1.57 bits per heavy atom. The highest BCUT2D eigenvalue weighted by Crippen LogP contribution is 2.27. The molecule has 0 aromatic rings. The van der Waals surface area contributed by atoms with Gasteiger partial charge in [0, 0.05) is 20.8 Å². The molecule has 8 nitrogen and oxygen atoms in total. The Morgan fingerprint density at radius 1 is 1.05 bits per heavy atom. The number of alkyl halides is 1. The summed E-state index contributed by atoms with van der Waals surface area (Å²) in [5.41, 5.74) is 3.85. The highest BCUT2D eigenvalue weighted by molar-refractivity contribution is 9.09. The number of carbonyl (C=O) groups excluding carboxylic acids is 3. The molecule has 1 fully saturated rings. The standard InChI is InChI=1S/C12H18BrNO7/c1-5(15)18-4-8-10(19-6(2)16)11(20-7(3)17)9(14)12(13)21-8/h8-12H,4,14H2,1-3H3/p+1/t8-,9-,10-,11-,12+/m1/s1. The van der Waals surface area contributed by atoms with Gasteiger partial charge < -0.3 is 24.7 Å². The van der Waals surface area contributed by atoms with E-state index in [1.54, 1.807) is 0 Å². The Morgan fingerprint density at radius 3 is 2.05 bits per heavy atom. The van der Waals surface area contributed by atoms with Gasteiger partial charge in [-0.1, -0.05) is 15.9 Å². The number of esters is 3. The average Bonchev–Trinajstić information content (AvgIpc) is 2.35. The second kappa shape index (κ2) is 7.71. The van der Waals surface area contributed by atoms with Crippen LogP contribution < -0.4 is 5.73 Å². The predicted molar refractivity (Wildman–Crippen MR) is 72.0 cm³/mol. The summed E-state index contributed by atoms with van der Waals surface area (Å²) < 4.78 is 20.8. The van der Waals surface area contributed by atoms with Crippen LogP contribution in [0.3, 0.4) is 0 Å². The fourth-order valence-corrected chi connectivity index (χ4v) is 2.54. The van der Waals surface area contributed by atoms with Gasteiger partial charge in [0.25, 0.3) is 0 Å². The van der Waals surface area contributed by atoms with Crippen LogP contribution in [0.5, 0.6) is 0 Å². The summed E-state index contributed by atoms with van der Waals surface area (Å²) in [7, 11) is 0. The van der Waals surface area contributed by atoms with E-state index in [4.69, 9.17) is 18.9 Å². The summed E-state index contributed by atoms with van der Waals surface area (Å²) in [6.45, 7) is 3.60. The van der Waals surface area contributed by atoms with Crippen LogP contribution >= 0.6 is 15.9 Å². The molecule has 1 saturated heterocycles. The molecule has 3 N–H and O–H groups in total. The van der Waals surface area contributed by atoms with Crippen molar-refractivity contribution in [3.8, 4) is 0 Å². The van der Waals surface area contributed by atoms with Crippen LogP contribution in [0, 0.1) is 0 Å². The molecule has 0 saturated carbocycles. The first-order valence-corrected chi connectivity index (χ1v) is 7.24. The summed E-state index contributed by atoms with van der Waals surface area (Å²) in [4.78, 5) is 33.4. The minimum absolute atomic E-state index is 0.125. The van der Waals surface area contributed by atoms with E-state index < -0.39 is 47.3 Å². The Balaban J connectivity index is 2.94. The number of ether oxygens (including phenoxy) is 4.